The number of phenolic OH excluding ortho intramolecular Hbond substituents is 4. The van der Waals surface area contributed by atoms with E-state index >= 15 is 0 Å². The lowest BCUT2D eigenvalue weighted by molar-refractivity contribution is -0.639. The lowest BCUT2D eigenvalue weighted by atomic mass is 9.87. The molecule has 2 aromatic carbocycles. The van der Waals surface area contributed by atoms with Gasteiger partial charge in [-0.25, -0.2) is 0 Å². The Labute approximate surface area is 277 Å². The van der Waals surface area contributed by atoms with Gasteiger partial charge in [-0.15, -0.1) is 0 Å². The number of hydrogen-bond acceptors (Lipinski definition) is 7. The second-order valence-corrected chi connectivity index (χ2v) is 15.8. The molecule has 0 unspecified atom stereocenters. The first-order valence-corrected chi connectivity index (χ1v) is 19.1. The average molecular weight is 690 g/mol. The Morgan fingerprint density at radius 3 is 1.47 bits per heavy atom. The number of alkyl halides is 3. The van der Waals surface area contributed by atoms with Crippen molar-refractivity contribution in [2.75, 3.05) is 25.2 Å². The van der Waals surface area contributed by atoms with Crippen molar-refractivity contribution in [2.24, 2.45) is 0 Å². The summed E-state index contributed by atoms with van der Waals surface area (Å²) in [4.78, 5) is 8.78. The highest BCUT2D eigenvalue weighted by Gasteiger charge is 2.29. The van der Waals surface area contributed by atoms with Gasteiger partial charge in [0, 0.05) is 34.6 Å². The Morgan fingerprint density at radius 2 is 1.11 bits per heavy atom. The van der Waals surface area contributed by atoms with Crippen LogP contribution in [0.25, 0.3) is 0 Å². The van der Waals surface area contributed by atoms with Crippen molar-refractivity contribution in [3.05, 3.63) is 46.5 Å². The summed E-state index contributed by atoms with van der Waals surface area (Å²) >= 11 is 0. The van der Waals surface area contributed by atoms with Gasteiger partial charge in [-0.05, 0) is 38.8 Å². The lowest BCUT2D eigenvalue weighted by Crippen LogP contribution is -2.85. The standard InChI is InChI=1S/C33H54NO5P.C2HF3O2/c1-5-7-9-11-13-15-21-40(39,22-16-14-12-10-8-6-2)24-34-23-29(27-17-19-30(35)25(3)32(27)37)28-18-20-31(36)26(4)33(28)38;3-2(4,5)1(6)7/h17-20,29,34-38H,5-16,21-24H2,1-4H3;(H,6,7). The molecular formula is C35H55F3NO7P. The highest BCUT2D eigenvalue weighted by atomic mass is 31.2. The second kappa shape index (κ2) is 21.1. The number of benzene rings is 2. The van der Waals surface area contributed by atoms with E-state index in [0.717, 1.165) is 38.0 Å². The van der Waals surface area contributed by atoms with Gasteiger partial charge in [0.1, 0.15) is 42.4 Å². The minimum Gasteiger partial charge on any atom is -0.542 e. The third-order valence-electron chi connectivity index (χ3n) is 8.55. The van der Waals surface area contributed by atoms with Crippen molar-refractivity contribution in [2.45, 2.75) is 117 Å². The summed E-state index contributed by atoms with van der Waals surface area (Å²) in [7, 11) is -2.39. The summed E-state index contributed by atoms with van der Waals surface area (Å²) in [6, 6.07) is 6.49. The highest BCUT2D eigenvalue weighted by molar-refractivity contribution is 7.63. The van der Waals surface area contributed by atoms with Crippen molar-refractivity contribution in [3.8, 4) is 23.0 Å². The number of carbonyl (C=O) groups excluding carboxylic acids is 1. The van der Waals surface area contributed by atoms with E-state index in [1.54, 1.807) is 38.1 Å². The molecule has 0 bridgehead atoms. The molecular weight excluding hydrogens is 634 g/mol. The first-order chi connectivity index (χ1) is 22.1. The summed E-state index contributed by atoms with van der Waals surface area (Å²) in [6.07, 6.45) is 11.0. The Morgan fingerprint density at radius 1 is 0.745 bits per heavy atom. The van der Waals surface area contributed by atoms with Gasteiger partial charge in [0.05, 0.1) is 12.5 Å². The summed E-state index contributed by atoms with van der Waals surface area (Å²) in [5.74, 6) is -3.41. The Hall–Kier alpha value is -2.91. The maximum atomic E-state index is 14.2. The number of phenols is 4. The monoisotopic (exact) mass is 689 g/mol. The zero-order chi connectivity index (χ0) is 35.6. The molecule has 0 heterocycles. The molecule has 0 aliphatic heterocycles. The molecule has 0 atom stereocenters. The van der Waals surface area contributed by atoms with Gasteiger partial charge in [0.25, 0.3) is 0 Å². The molecule has 2 rings (SSSR count). The normalized spacial score (nSPS) is 11.8. The van der Waals surface area contributed by atoms with Crippen LogP contribution in [0.4, 0.5) is 13.2 Å². The molecule has 0 amide bonds. The number of aliphatic carboxylic acids is 1. The SMILES string of the molecule is CCCCCCCCP(=O)(CCCCCCCC)C[NH2+]CC(c1ccc(O)c(C)c1O)c1ccc(O)c(C)c1O.O=C([O-])C(F)(F)F. The van der Waals surface area contributed by atoms with E-state index in [1.807, 2.05) is 0 Å². The number of carboxylic acids is 1. The maximum absolute atomic E-state index is 14.2. The third kappa shape index (κ3) is 14.8. The summed E-state index contributed by atoms with van der Waals surface area (Å²) in [6.45, 7) is 8.23. The molecule has 0 saturated carbocycles. The van der Waals surface area contributed by atoms with Crippen molar-refractivity contribution in [1.29, 1.82) is 0 Å². The molecule has 47 heavy (non-hydrogen) atoms. The number of rotatable bonds is 20. The number of quaternary nitrogens is 1. The minimum absolute atomic E-state index is 0.00845. The molecule has 0 aliphatic carbocycles. The predicted molar refractivity (Wildman–Crippen MR) is 178 cm³/mol. The molecule has 0 aromatic heterocycles. The van der Waals surface area contributed by atoms with E-state index < -0.39 is 25.2 Å². The van der Waals surface area contributed by atoms with Gasteiger partial charge in [0.15, 0.2) is 0 Å². The number of aromatic hydroxyl groups is 4. The molecule has 0 aliphatic rings. The minimum atomic E-state index is -5.19. The quantitative estimate of drug-likeness (QED) is 0.0730. The number of carboxylic acid groups (broad SMARTS) is 1. The van der Waals surface area contributed by atoms with Crippen molar-refractivity contribution < 1.29 is 53.4 Å². The van der Waals surface area contributed by atoms with E-state index in [9.17, 15) is 38.2 Å². The Balaban J connectivity index is 0.00000141. The molecule has 2 aromatic rings. The van der Waals surface area contributed by atoms with Crippen LogP contribution in [0.5, 0.6) is 23.0 Å². The second-order valence-electron chi connectivity index (χ2n) is 12.4. The highest BCUT2D eigenvalue weighted by Crippen LogP contribution is 2.46. The van der Waals surface area contributed by atoms with E-state index in [-0.39, 0.29) is 23.0 Å². The van der Waals surface area contributed by atoms with Crippen LogP contribution in [0.1, 0.15) is 119 Å². The molecule has 8 nitrogen and oxygen atoms in total. The largest absolute Gasteiger partial charge is 0.542 e. The first-order valence-electron chi connectivity index (χ1n) is 16.8. The number of nitrogens with two attached hydrogens (primary N) is 1. The van der Waals surface area contributed by atoms with E-state index in [4.69, 9.17) is 9.90 Å². The van der Waals surface area contributed by atoms with Crippen LogP contribution in [0.2, 0.25) is 0 Å². The van der Waals surface area contributed by atoms with Crippen molar-refractivity contribution in [3.63, 3.8) is 0 Å². The van der Waals surface area contributed by atoms with Crippen molar-refractivity contribution in [1.82, 2.24) is 0 Å². The molecule has 6 N–H and O–H groups in total. The zero-order valence-corrected chi connectivity index (χ0v) is 29.3. The topological polar surface area (TPSA) is 155 Å². The van der Waals surface area contributed by atoms with E-state index in [2.05, 4.69) is 19.2 Å². The van der Waals surface area contributed by atoms with Gasteiger partial charge in [0.2, 0.25) is 0 Å². The zero-order valence-electron chi connectivity index (χ0n) is 28.4. The molecule has 0 spiro atoms. The van der Waals surface area contributed by atoms with E-state index in [0.29, 0.717) is 35.1 Å². The fourth-order valence-electron chi connectivity index (χ4n) is 5.54. The number of halogens is 3. The van der Waals surface area contributed by atoms with Crippen LogP contribution in [-0.4, -0.2) is 57.7 Å². The smallest absolute Gasteiger partial charge is 0.430 e. The Bertz CT molecular complexity index is 1210. The third-order valence-corrected chi connectivity index (χ3v) is 11.7. The van der Waals surface area contributed by atoms with Crippen LogP contribution in [-0.2, 0) is 9.36 Å². The van der Waals surface area contributed by atoms with Crippen LogP contribution >= 0.6 is 7.14 Å². The van der Waals surface area contributed by atoms with Gasteiger partial charge in [-0.2, -0.15) is 13.2 Å². The number of unbranched alkanes of at least 4 members (excludes halogenated alkanes) is 10. The molecule has 0 radical (unpaired) electrons. The number of hydrogen-bond donors (Lipinski definition) is 5. The molecule has 268 valence electrons. The molecule has 0 saturated heterocycles. The Kier molecular flexibility index (Phi) is 18.9. The van der Waals surface area contributed by atoms with Gasteiger partial charge >= 0.3 is 6.18 Å². The fraction of sp³-hybridized carbons (Fsp3) is 0.629. The van der Waals surface area contributed by atoms with Crippen molar-refractivity contribution >= 4 is 13.1 Å². The average Bonchev–Trinajstić information content (AvgIpc) is 3.01. The maximum Gasteiger partial charge on any atom is 0.430 e. The predicted octanol–water partition coefficient (Wildman–Crippen LogP) is 7.16. The van der Waals surface area contributed by atoms with Crippen LogP contribution < -0.4 is 10.4 Å². The lowest BCUT2D eigenvalue weighted by Gasteiger charge is -2.23. The van der Waals surface area contributed by atoms with Crippen LogP contribution in [0.15, 0.2) is 24.3 Å². The number of carbonyl (C=O) groups is 1. The first kappa shape index (κ1) is 42.1. The summed E-state index contributed by atoms with van der Waals surface area (Å²) in [5.41, 5.74) is 1.95. The van der Waals surface area contributed by atoms with Crippen LogP contribution in [0, 0.1) is 13.8 Å². The van der Waals surface area contributed by atoms with Crippen LogP contribution in [0.3, 0.4) is 0 Å². The van der Waals surface area contributed by atoms with Gasteiger partial charge in [-0.3, -0.25) is 0 Å². The molecule has 12 heteroatoms. The van der Waals surface area contributed by atoms with Gasteiger partial charge < -0.3 is 40.2 Å². The molecule has 0 fully saturated rings. The van der Waals surface area contributed by atoms with Gasteiger partial charge in [-0.1, -0.05) is 90.2 Å². The fourth-order valence-corrected chi connectivity index (χ4v) is 8.34. The summed E-state index contributed by atoms with van der Waals surface area (Å²) < 4.78 is 45.7. The summed E-state index contributed by atoms with van der Waals surface area (Å²) in [5, 5.41) is 53.0. The van der Waals surface area contributed by atoms with E-state index in [1.165, 1.54) is 51.4 Å².